The number of aliphatic imine (C=N–C) groups is 1. The van der Waals surface area contributed by atoms with Crippen LogP contribution in [0.25, 0.3) is 49.4 Å². The number of furan rings is 1. The first-order valence-corrected chi connectivity index (χ1v) is 12.8. The summed E-state index contributed by atoms with van der Waals surface area (Å²) >= 11 is 0. The number of hydrogen-bond donors (Lipinski definition) is 1. The van der Waals surface area contributed by atoms with Gasteiger partial charge in [-0.25, -0.2) is 4.99 Å². The number of fused-ring (bicyclic) bond motifs is 7. The summed E-state index contributed by atoms with van der Waals surface area (Å²) in [5, 5.41) is 8.27. The summed E-state index contributed by atoms with van der Waals surface area (Å²) < 4.78 is 8.78. The van der Waals surface area contributed by atoms with Crippen molar-refractivity contribution in [2.24, 2.45) is 4.99 Å². The Morgan fingerprint density at radius 3 is 2.11 bits per heavy atom. The fraction of sp³-hybridized carbons (Fsp3) is 0.0294. The number of benzene rings is 5. The zero-order valence-corrected chi connectivity index (χ0v) is 20.5. The Morgan fingerprint density at radius 1 is 0.605 bits per heavy atom. The smallest absolute Gasteiger partial charge is 0.201 e. The highest BCUT2D eigenvalue weighted by molar-refractivity contribution is 6.23. The van der Waals surface area contributed by atoms with Crippen molar-refractivity contribution in [3.05, 3.63) is 139 Å². The molecule has 0 fully saturated rings. The lowest BCUT2D eigenvalue weighted by Gasteiger charge is -2.27. The number of nitrogens with one attached hydrogen (secondary N) is 1. The lowest BCUT2D eigenvalue weighted by atomic mass is 10.0. The van der Waals surface area contributed by atoms with Crippen LogP contribution in [0.1, 0.15) is 17.4 Å². The number of aromatic nitrogens is 1. The molecule has 4 heteroatoms. The van der Waals surface area contributed by atoms with Crippen molar-refractivity contribution < 1.29 is 4.42 Å². The molecule has 3 heterocycles. The molecule has 0 saturated carbocycles. The predicted octanol–water partition coefficient (Wildman–Crippen LogP) is 8.28. The molecular formula is C34H23N3O. The quantitative estimate of drug-likeness (QED) is 0.271. The van der Waals surface area contributed by atoms with Gasteiger partial charge in [-0.05, 0) is 41.5 Å². The highest BCUT2D eigenvalue weighted by Crippen LogP contribution is 2.41. The van der Waals surface area contributed by atoms with Crippen molar-refractivity contribution in [1.29, 1.82) is 0 Å². The molecule has 38 heavy (non-hydrogen) atoms. The maximum Gasteiger partial charge on any atom is 0.201 e. The van der Waals surface area contributed by atoms with E-state index in [1.807, 2.05) is 24.3 Å². The molecule has 4 nitrogen and oxygen atoms in total. The van der Waals surface area contributed by atoms with E-state index in [1.54, 1.807) is 0 Å². The van der Waals surface area contributed by atoms with E-state index in [1.165, 1.54) is 0 Å². The largest absolute Gasteiger partial charge is 0.455 e. The molecule has 1 N–H and O–H groups in total. The topological polar surface area (TPSA) is 42.5 Å². The summed E-state index contributed by atoms with van der Waals surface area (Å²) in [7, 11) is 0. The van der Waals surface area contributed by atoms with Gasteiger partial charge in [0.15, 0.2) is 0 Å². The summed E-state index contributed by atoms with van der Waals surface area (Å²) in [6.45, 7) is 0. The molecule has 1 aliphatic heterocycles. The van der Waals surface area contributed by atoms with Crippen LogP contribution in [0.2, 0.25) is 0 Å². The Kier molecular flexibility index (Phi) is 4.55. The molecular weight excluding hydrogens is 466 g/mol. The van der Waals surface area contributed by atoms with Gasteiger partial charge in [0.2, 0.25) is 6.29 Å². The summed E-state index contributed by atoms with van der Waals surface area (Å²) in [6.07, 6.45) is 1.81. The molecule has 7 aromatic rings. The van der Waals surface area contributed by atoms with E-state index >= 15 is 0 Å². The summed E-state index contributed by atoms with van der Waals surface area (Å²) in [5.41, 5.74) is 8.22. The van der Waals surface area contributed by atoms with Crippen molar-refractivity contribution in [3.8, 4) is 0 Å². The second-order valence-electron chi connectivity index (χ2n) is 9.64. The Balaban J connectivity index is 1.41. The number of nitrogens with zero attached hydrogens (tertiary/aromatic N) is 2. The van der Waals surface area contributed by atoms with Crippen LogP contribution in [-0.2, 0) is 0 Å². The second-order valence-corrected chi connectivity index (χ2v) is 9.64. The standard InChI is InChI=1S/C34H23N3O/c1-3-11-22(12-4-1)27-21-28(23-13-5-2-6-14-23)36-34(35-27)37-29-17-9-7-16-26(29)32-30(37)20-19-25-24-15-8-10-18-31(24)38-33(25)32/h1-21,34-35H. The zero-order valence-electron chi connectivity index (χ0n) is 20.5. The Labute approximate surface area is 219 Å². The first-order valence-electron chi connectivity index (χ1n) is 12.8. The monoisotopic (exact) mass is 489 g/mol. The van der Waals surface area contributed by atoms with Gasteiger partial charge in [0.05, 0.1) is 22.1 Å². The average Bonchev–Trinajstić information content (AvgIpc) is 3.53. The molecule has 0 saturated heterocycles. The van der Waals surface area contributed by atoms with Crippen LogP contribution >= 0.6 is 0 Å². The van der Waals surface area contributed by atoms with E-state index in [0.29, 0.717) is 0 Å². The molecule has 0 spiro atoms. The van der Waals surface area contributed by atoms with Crippen molar-refractivity contribution in [2.45, 2.75) is 6.29 Å². The van der Waals surface area contributed by atoms with Crippen molar-refractivity contribution in [2.75, 3.05) is 0 Å². The third kappa shape index (κ3) is 3.14. The SMILES string of the molecule is C1=C(c2ccccc2)NC(n2c3ccccc3c3c4oc5ccccc5c4ccc32)N=C1c1ccccc1. The predicted molar refractivity (Wildman–Crippen MR) is 156 cm³/mol. The number of hydrogen-bond acceptors (Lipinski definition) is 3. The van der Waals surface area contributed by atoms with Crippen molar-refractivity contribution in [1.82, 2.24) is 9.88 Å². The Hall–Kier alpha value is -5.09. The summed E-state index contributed by atoms with van der Waals surface area (Å²) in [6, 6.07) is 42.0. The lowest BCUT2D eigenvalue weighted by molar-refractivity contribution is 0.508. The van der Waals surface area contributed by atoms with Gasteiger partial charge >= 0.3 is 0 Å². The Morgan fingerprint density at radius 2 is 1.29 bits per heavy atom. The van der Waals surface area contributed by atoms with Gasteiger partial charge in [-0.3, -0.25) is 0 Å². The zero-order chi connectivity index (χ0) is 25.1. The third-order valence-electron chi connectivity index (χ3n) is 7.44. The molecule has 0 bridgehead atoms. The first kappa shape index (κ1) is 21.0. The third-order valence-corrected chi connectivity index (χ3v) is 7.44. The van der Waals surface area contributed by atoms with Crippen LogP contribution < -0.4 is 5.32 Å². The van der Waals surface area contributed by atoms with Crippen LogP contribution in [0, 0.1) is 0 Å². The maximum atomic E-state index is 6.47. The van der Waals surface area contributed by atoms with E-state index in [9.17, 15) is 0 Å². The normalized spacial score (nSPS) is 15.6. The molecule has 0 radical (unpaired) electrons. The highest BCUT2D eigenvalue weighted by Gasteiger charge is 2.25. The van der Waals surface area contributed by atoms with E-state index in [-0.39, 0.29) is 6.29 Å². The van der Waals surface area contributed by atoms with Gasteiger partial charge in [0.25, 0.3) is 0 Å². The molecule has 0 aliphatic carbocycles. The minimum atomic E-state index is -0.338. The van der Waals surface area contributed by atoms with Gasteiger partial charge in [-0.1, -0.05) is 97.1 Å². The van der Waals surface area contributed by atoms with Crippen LogP contribution in [-0.4, -0.2) is 10.3 Å². The second kappa shape index (κ2) is 8.22. The molecule has 1 atom stereocenters. The van der Waals surface area contributed by atoms with Gasteiger partial charge in [0.1, 0.15) is 11.2 Å². The maximum absolute atomic E-state index is 6.47. The van der Waals surface area contributed by atoms with Gasteiger partial charge < -0.3 is 14.3 Å². The highest BCUT2D eigenvalue weighted by atomic mass is 16.3. The minimum Gasteiger partial charge on any atom is -0.455 e. The van der Waals surface area contributed by atoms with Gasteiger partial charge in [-0.2, -0.15) is 0 Å². The first-order chi connectivity index (χ1) is 18.8. The van der Waals surface area contributed by atoms with Crippen LogP contribution in [0.5, 0.6) is 0 Å². The number of para-hydroxylation sites is 2. The summed E-state index contributed by atoms with van der Waals surface area (Å²) in [5.74, 6) is 0. The minimum absolute atomic E-state index is 0.338. The number of allylic oxidation sites excluding steroid dienone is 1. The number of rotatable bonds is 3. The van der Waals surface area contributed by atoms with E-state index in [2.05, 4.69) is 113 Å². The average molecular weight is 490 g/mol. The van der Waals surface area contributed by atoms with Gasteiger partial charge in [0, 0.05) is 21.9 Å². The molecule has 2 aromatic heterocycles. The molecule has 0 amide bonds. The molecule has 1 aliphatic rings. The van der Waals surface area contributed by atoms with Crippen LogP contribution in [0.4, 0.5) is 0 Å². The fourth-order valence-corrected chi connectivity index (χ4v) is 5.72. The lowest BCUT2D eigenvalue weighted by Crippen LogP contribution is -2.29. The van der Waals surface area contributed by atoms with Crippen molar-refractivity contribution in [3.63, 3.8) is 0 Å². The van der Waals surface area contributed by atoms with Crippen molar-refractivity contribution >= 4 is 55.2 Å². The molecule has 8 rings (SSSR count). The van der Waals surface area contributed by atoms with Crippen LogP contribution in [0.3, 0.4) is 0 Å². The Bertz CT molecular complexity index is 2050. The summed E-state index contributed by atoms with van der Waals surface area (Å²) in [4.78, 5) is 5.25. The van der Waals surface area contributed by atoms with E-state index in [0.717, 1.165) is 66.3 Å². The fourth-order valence-electron chi connectivity index (χ4n) is 5.72. The van der Waals surface area contributed by atoms with E-state index in [4.69, 9.17) is 9.41 Å². The molecule has 5 aromatic carbocycles. The molecule has 1 unspecified atom stereocenters. The van der Waals surface area contributed by atoms with Crippen LogP contribution in [0.15, 0.2) is 137 Å². The van der Waals surface area contributed by atoms with E-state index < -0.39 is 0 Å². The van der Waals surface area contributed by atoms with Gasteiger partial charge in [-0.15, -0.1) is 0 Å². The molecule has 180 valence electrons.